The van der Waals surface area contributed by atoms with Crippen molar-refractivity contribution in [1.29, 1.82) is 0 Å². The highest BCUT2D eigenvalue weighted by Crippen LogP contribution is 2.45. The van der Waals surface area contributed by atoms with Gasteiger partial charge in [-0.2, -0.15) is 0 Å². The van der Waals surface area contributed by atoms with E-state index in [2.05, 4.69) is 12.6 Å². The van der Waals surface area contributed by atoms with Crippen molar-refractivity contribution < 1.29 is 0 Å². The van der Waals surface area contributed by atoms with E-state index in [1.54, 1.807) is 0 Å². The van der Waals surface area contributed by atoms with Gasteiger partial charge < -0.3 is 0 Å². The van der Waals surface area contributed by atoms with E-state index in [0.29, 0.717) is 4.90 Å². The number of thiol groups is 1. The summed E-state index contributed by atoms with van der Waals surface area (Å²) >= 11 is 32.6. The van der Waals surface area contributed by atoms with Crippen LogP contribution in [0, 0.1) is 0 Å². The summed E-state index contributed by atoms with van der Waals surface area (Å²) in [7, 11) is 0. The van der Waals surface area contributed by atoms with Gasteiger partial charge in [-0.1, -0.05) is 58.0 Å². The molecular weight excluding hydrogens is 306 g/mol. The Labute approximate surface area is 122 Å². The predicted molar refractivity (Wildman–Crippen MR) is 64.5 cm³/mol. The number of halogens is 5. The fourth-order valence-corrected chi connectivity index (χ4v) is 2.09. The molecule has 0 aliphatic rings. The maximum Gasteiger partial charge on any atom is 0.0809 e. The zero-order valence-electron chi connectivity index (χ0n) is 6.04. The Morgan fingerprint density at radius 2 is 0.846 bits per heavy atom. The van der Waals surface area contributed by atoms with E-state index in [1.165, 1.54) is 0 Å². The highest BCUT2D eigenvalue weighted by atomic mass is 35.5. The molecule has 0 bridgehead atoms. The highest BCUT2D eigenvalue weighted by molar-refractivity contribution is 7.80. The predicted octanol–water partition coefficient (Wildman–Crippen LogP) is 4.86. The van der Waals surface area contributed by atoms with E-state index in [9.17, 15) is 0 Å². The van der Waals surface area contributed by atoms with Crippen molar-refractivity contribution in [2.75, 3.05) is 0 Å². The second-order valence-electron chi connectivity index (χ2n) is 1.92. The molecule has 0 aliphatic carbocycles. The lowest BCUT2D eigenvalue weighted by molar-refractivity contribution is 1.47. The molecule has 1 aromatic carbocycles. The van der Waals surface area contributed by atoms with Crippen LogP contribution < -0.4 is 0 Å². The van der Waals surface area contributed by atoms with Gasteiger partial charge in [-0.3, -0.25) is 0 Å². The molecule has 13 heavy (non-hydrogen) atoms. The summed E-state index contributed by atoms with van der Waals surface area (Å²) < 4.78 is 0. The van der Waals surface area contributed by atoms with E-state index < -0.39 is 0 Å². The Morgan fingerprint density at radius 3 is 1.15 bits per heavy atom. The Kier molecular flexibility index (Phi) is 6.55. The first-order chi connectivity index (χ1) is 5.46. The Bertz CT molecular complexity index is 235. The third-order valence-corrected chi connectivity index (χ3v) is 4.17. The first kappa shape index (κ1) is 14.8. The van der Waals surface area contributed by atoms with E-state index in [0.717, 1.165) is 0 Å². The first-order valence-electron chi connectivity index (χ1n) is 2.67. The number of rotatable bonds is 0. The summed E-state index contributed by atoms with van der Waals surface area (Å²) in [6, 6.07) is 0. The third-order valence-electron chi connectivity index (χ3n) is 1.19. The SMILES string of the molecule is Sc1c(Cl)c(Cl)c(Cl)c(Cl)c1Cl.[Mg]. The zero-order valence-corrected chi connectivity index (χ0v) is 12.1. The molecule has 0 nitrogen and oxygen atoms in total. The summed E-state index contributed by atoms with van der Waals surface area (Å²) in [6.07, 6.45) is 0. The number of benzene rings is 1. The molecule has 0 amide bonds. The van der Waals surface area contributed by atoms with Crippen LogP contribution in [0.3, 0.4) is 0 Å². The molecule has 0 spiro atoms. The van der Waals surface area contributed by atoms with Crippen molar-refractivity contribution >= 4 is 93.7 Å². The van der Waals surface area contributed by atoms with Crippen LogP contribution in [0.4, 0.5) is 0 Å². The smallest absolute Gasteiger partial charge is 0.0809 e. The van der Waals surface area contributed by atoms with Crippen molar-refractivity contribution in [3.8, 4) is 0 Å². The van der Waals surface area contributed by atoms with Crippen molar-refractivity contribution in [1.82, 2.24) is 0 Å². The van der Waals surface area contributed by atoms with Crippen LogP contribution in [0.1, 0.15) is 0 Å². The molecule has 0 saturated carbocycles. The summed E-state index contributed by atoms with van der Waals surface area (Å²) in [6.45, 7) is 0. The standard InChI is InChI=1S/C6HCl5S.Mg/c7-1-2(8)4(10)6(12)5(11)3(1)9;/h12H;. The summed E-state index contributed by atoms with van der Waals surface area (Å²) in [4.78, 5) is 0.331. The molecule has 0 atom stereocenters. The molecule has 7 heteroatoms. The molecule has 0 unspecified atom stereocenters. The zero-order chi connectivity index (χ0) is 9.46. The minimum Gasteiger partial charge on any atom is -0.140 e. The second kappa shape index (κ2) is 5.76. The average molecular weight is 307 g/mol. The van der Waals surface area contributed by atoms with Gasteiger partial charge in [-0.15, -0.1) is 12.6 Å². The fourth-order valence-electron chi connectivity index (χ4n) is 0.593. The highest BCUT2D eigenvalue weighted by Gasteiger charge is 2.16. The molecule has 0 fully saturated rings. The van der Waals surface area contributed by atoms with Crippen molar-refractivity contribution in [3.63, 3.8) is 0 Å². The Hall–Kier alpha value is 1.79. The van der Waals surface area contributed by atoms with Gasteiger partial charge in [0.25, 0.3) is 0 Å². The second-order valence-corrected chi connectivity index (χ2v) is 4.26. The average Bonchev–Trinajstić information content (AvgIpc) is 2.08. The topological polar surface area (TPSA) is 0 Å². The lowest BCUT2D eigenvalue weighted by Gasteiger charge is -2.07. The quantitative estimate of drug-likeness (QED) is 0.301. The van der Waals surface area contributed by atoms with Gasteiger partial charge in [-0.05, 0) is 0 Å². The van der Waals surface area contributed by atoms with E-state index in [4.69, 9.17) is 58.0 Å². The van der Waals surface area contributed by atoms with Crippen molar-refractivity contribution in [2.45, 2.75) is 4.90 Å². The monoisotopic (exact) mass is 304 g/mol. The van der Waals surface area contributed by atoms with Gasteiger partial charge in [0.05, 0.1) is 25.1 Å². The molecule has 0 saturated heterocycles. The molecule has 1 aromatic rings. The molecule has 0 aromatic heterocycles. The Morgan fingerprint density at radius 1 is 0.615 bits per heavy atom. The molecular formula is C6HCl5MgS. The van der Waals surface area contributed by atoms with Crippen molar-refractivity contribution in [3.05, 3.63) is 25.1 Å². The van der Waals surface area contributed by atoms with Gasteiger partial charge in [0.2, 0.25) is 0 Å². The maximum absolute atomic E-state index is 5.72. The van der Waals surface area contributed by atoms with Crippen LogP contribution >= 0.6 is 70.6 Å². The van der Waals surface area contributed by atoms with E-state index in [-0.39, 0.29) is 48.2 Å². The van der Waals surface area contributed by atoms with Crippen LogP contribution in [0.2, 0.25) is 25.1 Å². The first-order valence-corrected chi connectivity index (χ1v) is 5.01. The lowest BCUT2D eigenvalue weighted by Crippen LogP contribution is -1.80. The van der Waals surface area contributed by atoms with E-state index in [1.807, 2.05) is 0 Å². The van der Waals surface area contributed by atoms with Crippen LogP contribution in [-0.2, 0) is 0 Å². The molecule has 0 aliphatic heterocycles. The van der Waals surface area contributed by atoms with Gasteiger partial charge in [-0.25, -0.2) is 0 Å². The minimum atomic E-state index is 0. The van der Waals surface area contributed by atoms with E-state index >= 15 is 0 Å². The lowest BCUT2D eigenvalue weighted by atomic mass is 10.3. The van der Waals surface area contributed by atoms with Crippen molar-refractivity contribution in [2.24, 2.45) is 0 Å². The maximum atomic E-state index is 5.72. The fraction of sp³-hybridized carbons (Fsp3) is 0. The van der Waals surface area contributed by atoms with Gasteiger partial charge in [0, 0.05) is 27.9 Å². The number of hydrogen-bond acceptors (Lipinski definition) is 1. The summed E-state index contributed by atoms with van der Waals surface area (Å²) in [5.74, 6) is 0. The van der Waals surface area contributed by atoms with Crippen LogP contribution in [0.15, 0.2) is 4.90 Å². The molecule has 0 N–H and O–H groups in total. The van der Waals surface area contributed by atoms with Crippen LogP contribution in [-0.4, -0.2) is 23.1 Å². The minimum absolute atomic E-state index is 0. The van der Waals surface area contributed by atoms with Gasteiger partial charge in [0.1, 0.15) is 0 Å². The van der Waals surface area contributed by atoms with Crippen LogP contribution in [0.5, 0.6) is 0 Å². The molecule has 0 heterocycles. The third kappa shape index (κ3) is 2.88. The molecule has 68 valence electrons. The van der Waals surface area contributed by atoms with Gasteiger partial charge >= 0.3 is 0 Å². The Balaban J connectivity index is 0.00000144. The normalized spacial score (nSPS) is 9.69. The van der Waals surface area contributed by atoms with Crippen LogP contribution in [0.25, 0.3) is 0 Å². The van der Waals surface area contributed by atoms with Gasteiger partial charge in [0.15, 0.2) is 0 Å². The summed E-state index contributed by atoms with van der Waals surface area (Å²) in [5, 5.41) is 0.889. The molecule has 1 rings (SSSR count). The summed E-state index contributed by atoms with van der Waals surface area (Å²) in [5.41, 5.74) is 0. The molecule has 2 radical (unpaired) electrons. The number of hydrogen-bond donors (Lipinski definition) is 1. The largest absolute Gasteiger partial charge is 0.140 e.